The highest BCUT2D eigenvalue weighted by Crippen LogP contribution is 2.32. The van der Waals surface area contributed by atoms with Gasteiger partial charge in [0, 0.05) is 20.1 Å². The molecule has 4 heteroatoms. The monoisotopic (exact) mass is 280 g/mol. The summed E-state index contributed by atoms with van der Waals surface area (Å²) in [6.45, 7) is 2.56. The lowest BCUT2D eigenvalue weighted by Crippen LogP contribution is -2.10. The number of aliphatic hydroxyl groups excluding tert-OH is 1. The summed E-state index contributed by atoms with van der Waals surface area (Å²) in [4.78, 5) is 0. The Bertz CT molecular complexity index is 405. The van der Waals surface area contributed by atoms with Gasteiger partial charge in [0.1, 0.15) is 5.75 Å². The fraction of sp³-hybridized carbons (Fsp3) is 0.625. The number of aliphatic hydroxyl groups is 1. The van der Waals surface area contributed by atoms with E-state index in [0.29, 0.717) is 26.4 Å². The lowest BCUT2D eigenvalue weighted by molar-refractivity contribution is 0.0644. The molecule has 2 rings (SSSR count). The zero-order valence-electron chi connectivity index (χ0n) is 12.1. The van der Waals surface area contributed by atoms with Crippen LogP contribution < -0.4 is 4.74 Å². The van der Waals surface area contributed by atoms with Crippen LogP contribution in [-0.2, 0) is 15.9 Å². The summed E-state index contributed by atoms with van der Waals surface area (Å²) in [5, 5.41) is 9.99. The average molecular weight is 280 g/mol. The smallest absolute Gasteiger partial charge is 0.119 e. The summed E-state index contributed by atoms with van der Waals surface area (Å²) < 4.78 is 16.0. The van der Waals surface area contributed by atoms with Crippen LogP contribution in [0.1, 0.15) is 36.5 Å². The van der Waals surface area contributed by atoms with E-state index in [4.69, 9.17) is 14.2 Å². The molecule has 1 N–H and O–H groups in total. The van der Waals surface area contributed by atoms with E-state index in [0.717, 1.165) is 37.0 Å². The van der Waals surface area contributed by atoms with Crippen molar-refractivity contribution in [1.82, 2.24) is 0 Å². The van der Waals surface area contributed by atoms with Crippen LogP contribution in [0.2, 0.25) is 0 Å². The standard InChI is InChI=1S/C16H24O4/c1-18-10-11-19-8-3-9-20-14-7-6-13-4-2-5-16(17)15(13)12-14/h6-7,12,16-17H,2-5,8-11H2,1H3. The average Bonchev–Trinajstić information content (AvgIpc) is 2.47. The number of benzene rings is 1. The molecule has 0 fully saturated rings. The van der Waals surface area contributed by atoms with Gasteiger partial charge in [-0.1, -0.05) is 6.07 Å². The first-order valence-electron chi connectivity index (χ1n) is 7.31. The van der Waals surface area contributed by atoms with Gasteiger partial charge in [-0.15, -0.1) is 0 Å². The van der Waals surface area contributed by atoms with Gasteiger partial charge in [0.15, 0.2) is 0 Å². The Labute approximate surface area is 120 Å². The van der Waals surface area contributed by atoms with E-state index in [1.165, 1.54) is 5.56 Å². The quantitative estimate of drug-likeness (QED) is 0.743. The maximum Gasteiger partial charge on any atom is 0.119 e. The van der Waals surface area contributed by atoms with Crippen molar-refractivity contribution in [2.45, 2.75) is 31.8 Å². The second kappa shape index (κ2) is 8.25. The van der Waals surface area contributed by atoms with Crippen LogP contribution >= 0.6 is 0 Å². The summed E-state index contributed by atoms with van der Waals surface area (Å²) in [7, 11) is 1.66. The predicted octanol–water partition coefficient (Wildman–Crippen LogP) is 2.49. The van der Waals surface area contributed by atoms with E-state index in [1.807, 2.05) is 12.1 Å². The molecule has 1 aromatic carbocycles. The van der Waals surface area contributed by atoms with Crippen LogP contribution in [0.5, 0.6) is 5.75 Å². The molecule has 0 heterocycles. The van der Waals surface area contributed by atoms with Gasteiger partial charge in [0.05, 0.1) is 25.9 Å². The Morgan fingerprint density at radius 3 is 2.95 bits per heavy atom. The molecule has 1 unspecified atom stereocenters. The second-order valence-corrected chi connectivity index (χ2v) is 5.08. The molecular weight excluding hydrogens is 256 g/mol. The fourth-order valence-corrected chi connectivity index (χ4v) is 2.44. The first-order chi connectivity index (χ1) is 9.81. The molecule has 0 radical (unpaired) electrons. The Morgan fingerprint density at radius 2 is 2.10 bits per heavy atom. The number of aryl methyl sites for hydroxylation is 1. The lowest BCUT2D eigenvalue weighted by Gasteiger charge is -2.22. The highest BCUT2D eigenvalue weighted by Gasteiger charge is 2.18. The molecular formula is C16H24O4. The van der Waals surface area contributed by atoms with Gasteiger partial charge < -0.3 is 19.3 Å². The molecule has 0 saturated carbocycles. The summed E-state index contributed by atoms with van der Waals surface area (Å²) in [5.74, 6) is 0.835. The summed E-state index contributed by atoms with van der Waals surface area (Å²) in [5.41, 5.74) is 2.28. The fourth-order valence-electron chi connectivity index (χ4n) is 2.44. The SMILES string of the molecule is COCCOCCCOc1ccc2c(c1)C(O)CCC2. The van der Waals surface area contributed by atoms with Crippen molar-refractivity contribution >= 4 is 0 Å². The van der Waals surface area contributed by atoms with Crippen molar-refractivity contribution < 1.29 is 19.3 Å². The van der Waals surface area contributed by atoms with Crippen LogP contribution in [0.15, 0.2) is 18.2 Å². The van der Waals surface area contributed by atoms with Crippen LogP contribution in [0.3, 0.4) is 0 Å². The molecule has 1 atom stereocenters. The van der Waals surface area contributed by atoms with Crippen molar-refractivity contribution in [2.75, 3.05) is 33.5 Å². The highest BCUT2D eigenvalue weighted by atomic mass is 16.5. The van der Waals surface area contributed by atoms with Gasteiger partial charge in [0.2, 0.25) is 0 Å². The van der Waals surface area contributed by atoms with E-state index in [-0.39, 0.29) is 6.10 Å². The van der Waals surface area contributed by atoms with Crippen molar-refractivity contribution in [3.63, 3.8) is 0 Å². The van der Waals surface area contributed by atoms with Crippen LogP contribution in [0, 0.1) is 0 Å². The van der Waals surface area contributed by atoms with Gasteiger partial charge in [-0.3, -0.25) is 0 Å². The number of rotatable bonds is 8. The van der Waals surface area contributed by atoms with Gasteiger partial charge in [0.25, 0.3) is 0 Å². The molecule has 0 bridgehead atoms. The third kappa shape index (κ3) is 4.47. The minimum Gasteiger partial charge on any atom is -0.493 e. The van der Waals surface area contributed by atoms with Gasteiger partial charge in [-0.05, 0) is 42.5 Å². The van der Waals surface area contributed by atoms with E-state index in [1.54, 1.807) is 7.11 Å². The van der Waals surface area contributed by atoms with E-state index in [2.05, 4.69) is 6.07 Å². The Balaban J connectivity index is 1.72. The summed E-state index contributed by atoms with van der Waals surface area (Å²) in [6.07, 6.45) is 3.49. The molecule has 0 amide bonds. The Morgan fingerprint density at radius 1 is 1.20 bits per heavy atom. The normalized spacial score (nSPS) is 17.8. The zero-order valence-corrected chi connectivity index (χ0v) is 12.1. The minimum absolute atomic E-state index is 0.334. The zero-order chi connectivity index (χ0) is 14.2. The van der Waals surface area contributed by atoms with Crippen molar-refractivity contribution in [3.05, 3.63) is 29.3 Å². The molecule has 20 heavy (non-hydrogen) atoms. The van der Waals surface area contributed by atoms with Crippen molar-refractivity contribution in [2.24, 2.45) is 0 Å². The van der Waals surface area contributed by atoms with E-state index in [9.17, 15) is 5.11 Å². The molecule has 0 spiro atoms. The van der Waals surface area contributed by atoms with Crippen LogP contribution in [-0.4, -0.2) is 38.6 Å². The number of fused-ring (bicyclic) bond motifs is 1. The van der Waals surface area contributed by atoms with Crippen molar-refractivity contribution in [1.29, 1.82) is 0 Å². The second-order valence-electron chi connectivity index (χ2n) is 5.08. The molecule has 0 aliphatic heterocycles. The highest BCUT2D eigenvalue weighted by molar-refractivity contribution is 5.38. The maximum atomic E-state index is 9.99. The first-order valence-corrected chi connectivity index (χ1v) is 7.31. The third-order valence-electron chi connectivity index (χ3n) is 3.53. The summed E-state index contributed by atoms with van der Waals surface area (Å²) in [6, 6.07) is 6.04. The molecule has 1 aliphatic rings. The molecule has 112 valence electrons. The molecule has 1 aliphatic carbocycles. The largest absolute Gasteiger partial charge is 0.493 e. The van der Waals surface area contributed by atoms with Crippen molar-refractivity contribution in [3.8, 4) is 5.75 Å². The molecule has 4 nitrogen and oxygen atoms in total. The number of hydrogen-bond donors (Lipinski definition) is 1. The number of ether oxygens (including phenoxy) is 3. The Kier molecular flexibility index (Phi) is 6.30. The van der Waals surface area contributed by atoms with E-state index < -0.39 is 0 Å². The molecule has 0 saturated heterocycles. The number of hydrogen-bond acceptors (Lipinski definition) is 4. The third-order valence-corrected chi connectivity index (χ3v) is 3.53. The Hall–Kier alpha value is -1.10. The number of methoxy groups -OCH3 is 1. The minimum atomic E-state index is -0.334. The summed E-state index contributed by atoms with van der Waals surface area (Å²) >= 11 is 0. The van der Waals surface area contributed by atoms with Gasteiger partial charge in [-0.25, -0.2) is 0 Å². The molecule has 0 aromatic heterocycles. The van der Waals surface area contributed by atoms with E-state index >= 15 is 0 Å². The van der Waals surface area contributed by atoms with Gasteiger partial charge >= 0.3 is 0 Å². The molecule has 1 aromatic rings. The lowest BCUT2D eigenvalue weighted by atomic mass is 9.89. The van der Waals surface area contributed by atoms with Crippen LogP contribution in [0.4, 0.5) is 0 Å². The first kappa shape index (κ1) is 15.3. The predicted molar refractivity (Wildman–Crippen MR) is 77.1 cm³/mol. The van der Waals surface area contributed by atoms with Gasteiger partial charge in [-0.2, -0.15) is 0 Å². The van der Waals surface area contributed by atoms with Crippen LogP contribution in [0.25, 0.3) is 0 Å². The maximum absolute atomic E-state index is 9.99. The topological polar surface area (TPSA) is 47.9 Å².